The zero-order valence-electron chi connectivity index (χ0n) is 11.1. The van der Waals surface area contributed by atoms with Crippen molar-refractivity contribution >= 4 is 19.7 Å². The summed E-state index contributed by atoms with van der Waals surface area (Å²) in [6, 6.07) is 4.46. The van der Waals surface area contributed by atoms with Crippen LogP contribution in [0.1, 0.15) is 25.6 Å². The van der Waals surface area contributed by atoms with E-state index in [1.165, 1.54) is 19.2 Å². The van der Waals surface area contributed by atoms with Gasteiger partial charge in [-0.05, 0) is 18.2 Å². The highest BCUT2D eigenvalue weighted by molar-refractivity contribution is 8.13. The molecule has 0 fully saturated rings. The summed E-state index contributed by atoms with van der Waals surface area (Å²) in [7, 11) is 2.82. The zero-order chi connectivity index (χ0) is 14.9. The number of benzene rings is 1. The van der Waals surface area contributed by atoms with Gasteiger partial charge in [0.05, 0.1) is 7.11 Å². The van der Waals surface area contributed by atoms with Crippen LogP contribution in [-0.2, 0) is 9.05 Å². The van der Waals surface area contributed by atoms with Crippen LogP contribution in [0.4, 0.5) is 0 Å². The number of ether oxygens (including phenoxy) is 1. The maximum atomic E-state index is 11.5. The summed E-state index contributed by atoms with van der Waals surface area (Å²) >= 11 is 0. The zero-order valence-corrected chi connectivity index (χ0v) is 12.7. The second-order valence-corrected chi connectivity index (χ2v) is 6.95. The highest BCUT2D eigenvalue weighted by Crippen LogP contribution is 2.31. The predicted octanol–water partition coefficient (Wildman–Crippen LogP) is 2.80. The molecule has 8 heteroatoms. The number of aromatic nitrogens is 2. The van der Waals surface area contributed by atoms with E-state index < -0.39 is 9.05 Å². The van der Waals surface area contributed by atoms with E-state index >= 15 is 0 Å². The molecule has 6 nitrogen and oxygen atoms in total. The van der Waals surface area contributed by atoms with Crippen LogP contribution in [-0.4, -0.2) is 25.7 Å². The van der Waals surface area contributed by atoms with Gasteiger partial charge in [-0.25, -0.2) is 8.42 Å². The van der Waals surface area contributed by atoms with Crippen molar-refractivity contribution in [3.05, 3.63) is 24.0 Å². The quantitative estimate of drug-likeness (QED) is 0.807. The smallest absolute Gasteiger partial charge is 0.265 e. The highest BCUT2D eigenvalue weighted by atomic mass is 35.7. The lowest BCUT2D eigenvalue weighted by atomic mass is 10.2. The van der Waals surface area contributed by atoms with Gasteiger partial charge in [-0.1, -0.05) is 19.0 Å². The number of hydrogen-bond donors (Lipinski definition) is 0. The van der Waals surface area contributed by atoms with Gasteiger partial charge in [0.2, 0.25) is 0 Å². The van der Waals surface area contributed by atoms with Gasteiger partial charge < -0.3 is 9.26 Å². The number of rotatable bonds is 4. The van der Waals surface area contributed by atoms with Crippen LogP contribution in [0.25, 0.3) is 11.5 Å². The van der Waals surface area contributed by atoms with Crippen molar-refractivity contribution in [1.29, 1.82) is 0 Å². The summed E-state index contributed by atoms with van der Waals surface area (Å²) in [5.74, 6) is 1.05. The highest BCUT2D eigenvalue weighted by Gasteiger charge is 2.20. The lowest BCUT2D eigenvalue weighted by Gasteiger charge is -2.06. The van der Waals surface area contributed by atoms with E-state index in [1.54, 1.807) is 6.07 Å². The molecule has 20 heavy (non-hydrogen) atoms. The second kappa shape index (κ2) is 5.41. The number of halogens is 1. The number of hydrogen-bond acceptors (Lipinski definition) is 6. The first kappa shape index (κ1) is 14.8. The minimum absolute atomic E-state index is 0.113. The molecule has 2 aromatic rings. The van der Waals surface area contributed by atoms with Gasteiger partial charge in [0.25, 0.3) is 14.9 Å². The maximum Gasteiger partial charge on any atom is 0.265 e. The molecule has 0 N–H and O–H groups in total. The first-order valence-electron chi connectivity index (χ1n) is 5.79. The van der Waals surface area contributed by atoms with Gasteiger partial charge in [-0.15, -0.1) is 0 Å². The van der Waals surface area contributed by atoms with Gasteiger partial charge in [0.1, 0.15) is 10.6 Å². The fourth-order valence-corrected chi connectivity index (χ4v) is 2.61. The molecule has 0 saturated carbocycles. The van der Waals surface area contributed by atoms with Crippen LogP contribution in [0.2, 0.25) is 0 Å². The van der Waals surface area contributed by atoms with Crippen molar-refractivity contribution in [1.82, 2.24) is 10.1 Å². The molecule has 1 heterocycles. The van der Waals surface area contributed by atoms with E-state index in [9.17, 15) is 8.42 Å². The Morgan fingerprint density at radius 3 is 2.55 bits per heavy atom. The molecular formula is C12H13ClN2O4S. The molecule has 108 valence electrons. The van der Waals surface area contributed by atoms with Gasteiger partial charge in [-0.2, -0.15) is 4.98 Å². The summed E-state index contributed by atoms with van der Waals surface area (Å²) in [6.07, 6.45) is 0. The van der Waals surface area contributed by atoms with Gasteiger partial charge >= 0.3 is 0 Å². The minimum atomic E-state index is -3.93. The normalized spacial score (nSPS) is 11.8. The lowest BCUT2D eigenvalue weighted by Crippen LogP contribution is -1.97. The van der Waals surface area contributed by atoms with Gasteiger partial charge in [-0.3, -0.25) is 0 Å². The predicted molar refractivity (Wildman–Crippen MR) is 73.4 cm³/mol. The van der Waals surface area contributed by atoms with Crippen LogP contribution < -0.4 is 4.74 Å². The van der Waals surface area contributed by atoms with Crippen LogP contribution >= 0.6 is 10.7 Å². The Morgan fingerprint density at radius 1 is 1.35 bits per heavy atom. The van der Waals surface area contributed by atoms with Crippen LogP contribution in [0, 0.1) is 0 Å². The molecule has 0 amide bonds. The molecule has 0 aliphatic carbocycles. The fourth-order valence-electron chi connectivity index (χ4n) is 1.59. The third-order valence-electron chi connectivity index (χ3n) is 2.63. The molecule has 0 aliphatic heterocycles. The third kappa shape index (κ3) is 2.94. The molecular weight excluding hydrogens is 304 g/mol. The molecule has 2 rings (SSSR count). The first-order valence-corrected chi connectivity index (χ1v) is 8.10. The average molecular weight is 317 g/mol. The maximum absolute atomic E-state index is 11.5. The topological polar surface area (TPSA) is 82.3 Å². The molecule has 0 aliphatic rings. The fraction of sp³-hybridized carbons (Fsp3) is 0.333. The van der Waals surface area contributed by atoms with Crippen LogP contribution in [0.3, 0.4) is 0 Å². The molecule has 0 saturated heterocycles. The third-order valence-corrected chi connectivity index (χ3v) is 3.97. The monoisotopic (exact) mass is 316 g/mol. The Balaban J connectivity index is 2.53. The Morgan fingerprint density at radius 2 is 2.05 bits per heavy atom. The molecule has 0 unspecified atom stereocenters. The first-order chi connectivity index (χ1) is 9.32. The molecule has 0 bridgehead atoms. The molecule has 1 aromatic heterocycles. The summed E-state index contributed by atoms with van der Waals surface area (Å²) in [4.78, 5) is 4.07. The summed E-state index contributed by atoms with van der Waals surface area (Å²) < 4.78 is 33.1. The van der Waals surface area contributed by atoms with Crippen molar-refractivity contribution in [3.63, 3.8) is 0 Å². The van der Waals surface area contributed by atoms with Crippen LogP contribution in [0.5, 0.6) is 5.75 Å². The van der Waals surface area contributed by atoms with E-state index in [2.05, 4.69) is 10.1 Å². The van der Waals surface area contributed by atoms with Gasteiger partial charge in [0, 0.05) is 22.2 Å². The Hall–Kier alpha value is -1.60. The second-order valence-electron chi connectivity index (χ2n) is 4.42. The number of nitrogens with zero attached hydrogens (tertiary/aromatic N) is 2. The molecule has 1 aromatic carbocycles. The van der Waals surface area contributed by atoms with Crippen LogP contribution in [0.15, 0.2) is 27.6 Å². The van der Waals surface area contributed by atoms with Crippen molar-refractivity contribution in [3.8, 4) is 17.2 Å². The Labute approximate surface area is 121 Å². The van der Waals surface area contributed by atoms with Crippen molar-refractivity contribution in [2.75, 3.05) is 7.11 Å². The van der Waals surface area contributed by atoms with E-state index in [4.69, 9.17) is 19.9 Å². The van der Waals surface area contributed by atoms with E-state index in [0.29, 0.717) is 11.4 Å². The summed E-state index contributed by atoms with van der Waals surface area (Å²) in [5, 5.41) is 3.83. The minimum Gasteiger partial charge on any atom is -0.495 e. The standard InChI is InChI=1S/C12H13ClN2O4S/c1-7(2)11-14-12(19-15-11)8-4-5-9(18-3)10(6-8)20(13,16)17/h4-7H,1-3H3. The van der Waals surface area contributed by atoms with E-state index in [-0.39, 0.29) is 22.5 Å². The molecule has 0 spiro atoms. The number of methoxy groups -OCH3 is 1. The van der Waals surface area contributed by atoms with Crippen molar-refractivity contribution in [2.24, 2.45) is 0 Å². The van der Waals surface area contributed by atoms with Gasteiger partial charge in [0.15, 0.2) is 5.82 Å². The average Bonchev–Trinajstić information content (AvgIpc) is 2.86. The van der Waals surface area contributed by atoms with Crippen molar-refractivity contribution < 1.29 is 17.7 Å². The van der Waals surface area contributed by atoms with E-state index in [1.807, 2.05) is 13.8 Å². The van der Waals surface area contributed by atoms with E-state index in [0.717, 1.165) is 0 Å². The van der Waals surface area contributed by atoms with Crippen molar-refractivity contribution in [2.45, 2.75) is 24.7 Å². The molecule has 0 atom stereocenters. The lowest BCUT2D eigenvalue weighted by molar-refractivity contribution is 0.402. The molecule has 0 radical (unpaired) electrons. The SMILES string of the molecule is COc1ccc(-c2nc(C(C)C)no2)cc1S(=O)(=O)Cl. The largest absolute Gasteiger partial charge is 0.495 e. The Kier molecular flexibility index (Phi) is 4.01. The summed E-state index contributed by atoms with van der Waals surface area (Å²) in [5.41, 5.74) is 0.462. The Bertz CT molecular complexity index is 725. The summed E-state index contributed by atoms with van der Waals surface area (Å²) in [6.45, 7) is 3.86.